The summed E-state index contributed by atoms with van der Waals surface area (Å²) in [7, 11) is 0. The highest BCUT2D eigenvalue weighted by atomic mass is 32.2. The summed E-state index contributed by atoms with van der Waals surface area (Å²) in [6.07, 6.45) is -0.178. The van der Waals surface area contributed by atoms with Crippen LogP contribution < -0.4 is 5.32 Å². The van der Waals surface area contributed by atoms with Gasteiger partial charge in [0.05, 0.1) is 22.9 Å². The Kier molecular flexibility index (Phi) is 7.75. The van der Waals surface area contributed by atoms with Gasteiger partial charge in [0.15, 0.2) is 0 Å². The Morgan fingerprint density at radius 1 is 1.29 bits per heavy atom. The number of carbonyl (C=O) groups is 1. The Morgan fingerprint density at radius 3 is 2.60 bits per heavy atom. The predicted octanol–water partition coefficient (Wildman–Crippen LogP) is 4.16. The number of nitrogens with one attached hydrogen (secondary N) is 1. The second-order valence-corrected chi connectivity index (χ2v) is 11.1. The van der Waals surface area contributed by atoms with E-state index in [9.17, 15) is 22.5 Å². The number of nitrogens with zero attached hydrogens (tertiary/aromatic N) is 3. The molecule has 2 aliphatic heterocycles. The van der Waals surface area contributed by atoms with Gasteiger partial charge in [-0.1, -0.05) is 26.0 Å². The van der Waals surface area contributed by atoms with Crippen LogP contribution in [0.25, 0.3) is 0 Å². The molecule has 0 saturated carbocycles. The zero-order valence-corrected chi connectivity index (χ0v) is 21.0. The molecule has 0 spiro atoms. The smallest absolute Gasteiger partial charge is 0.416 e. The third-order valence-corrected chi connectivity index (χ3v) is 7.83. The normalized spacial score (nSPS) is 21.9. The largest absolute Gasteiger partial charge is 0.598 e. The summed E-state index contributed by atoms with van der Waals surface area (Å²) in [6, 6.07) is 7.17. The summed E-state index contributed by atoms with van der Waals surface area (Å²) in [5, 5.41) is 2.98. The number of alkyl halides is 3. The Balaban J connectivity index is 1.42. The van der Waals surface area contributed by atoms with Crippen LogP contribution in [0.1, 0.15) is 59.1 Å². The highest BCUT2D eigenvalue weighted by Gasteiger charge is 2.35. The van der Waals surface area contributed by atoms with E-state index in [0.29, 0.717) is 31.7 Å². The number of carbonyl (C=O) groups excluding carboxylic acids is 1. The summed E-state index contributed by atoms with van der Waals surface area (Å²) in [5.41, 5.74) is 2.53. The van der Waals surface area contributed by atoms with Gasteiger partial charge in [0.1, 0.15) is 6.26 Å². The molecule has 190 valence electrons. The van der Waals surface area contributed by atoms with Crippen LogP contribution in [0.3, 0.4) is 0 Å². The van der Waals surface area contributed by atoms with E-state index >= 15 is 0 Å². The van der Waals surface area contributed by atoms with Crippen molar-refractivity contribution >= 4 is 17.3 Å². The summed E-state index contributed by atoms with van der Waals surface area (Å²) in [4.78, 5) is 19.6. The van der Waals surface area contributed by atoms with Crippen LogP contribution in [0.15, 0.2) is 36.5 Å². The van der Waals surface area contributed by atoms with Gasteiger partial charge >= 0.3 is 6.18 Å². The van der Waals surface area contributed by atoms with Crippen LogP contribution in [0.5, 0.6) is 0 Å². The first-order chi connectivity index (χ1) is 16.5. The van der Waals surface area contributed by atoms with Crippen molar-refractivity contribution in [1.82, 2.24) is 19.5 Å². The lowest BCUT2D eigenvalue weighted by molar-refractivity contribution is -0.137. The molecule has 2 aliphatic rings. The van der Waals surface area contributed by atoms with E-state index in [1.165, 1.54) is 12.1 Å². The Bertz CT molecular complexity index is 1050. The highest BCUT2D eigenvalue weighted by molar-refractivity contribution is 7.88. The van der Waals surface area contributed by atoms with E-state index in [1.807, 2.05) is 10.4 Å². The molecular weight excluding hydrogens is 477 g/mol. The molecule has 0 aliphatic carbocycles. The van der Waals surface area contributed by atoms with Crippen LogP contribution in [0.2, 0.25) is 0 Å². The maximum Gasteiger partial charge on any atom is 0.416 e. The van der Waals surface area contributed by atoms with E-state index in [-0.39, 0.29) is 23.8 Å². The number of rotatable bonds is 7. The fraction of sp³-hybridized carbons (Fsp3) is 0.520. The molecular formula is C25H31F3N4O2S. The molecule has 6 nitrogen and oxygen atoms in total. The molecule has 1 aromatic heterocycles. The fourth-order valence-electron chi connectivity index (χ4n) is 4.99. The Morgan fingerprint density at radius 2 is 2.00 bits per heavy atom. The van der Waals surface area contributed by atoms with Crippen molar-refractivity contribution in [2.75, 3.05) is 25.9 Å². The lowest BCUT2D eigenvalue weighted by Crippen LogP contribution is -2.32. The zero-order valence-electron chi connectivity index (χ0n) is 20.1. The number of aromatic nitrogens is 1. The molecule has 0 bridgehead atoms. The summed E-state index contributed by atoms with van der Waals surface area (Å²) < 4.78 is 52.2. The van der Waals surface area contributed by atoms with Crippen molar-refractivity contribution in [2.24, 2.45) is 11.8 Å². The van der Waals surface area contributed by atoms with Crippen LogP contribution in [0, 0.1) is 11.8 Å². The molecule has 1 fully saturated rings. The van der Waals surface area contributed by atoms with Gasteiger partial charge in [-0.25, -0.2) is 0 Å². The van der Waals surface area contributed by atoms with Gasteiger partial charge in [0.25, 0.3) is 5.91 Å². The SMILES string of the molecule is CC(C)[C@H]1c2ncc(C(=O)NCC3CCN([S+](C)[O-])C3)cc2CN1Cc1ccc(C(F)(F)F)cc1. The molecule has 3 atom stereocenters. The van der Waals surface area contributed by atoms with Gasteiger partial charge in [0, 0.05) is 50.3 Å². The number of halogens is 3. The Hall–Kier alpha value is -2.14. The third-order valence-electron chi connectivity index (χ3n) is 6.77. The molecule has 1 aromatic carbocycles. The van der Waals surface area contributed by atoms with Gasteiger partial charge in [-0.3, -0.25) is 14.7 Å². The number of fused-ring (bicyclic) bond motifs is 1. The minimum absolute atomic E-state index is 0.0174. The van der Waals surface area contributed by atoms with Crippen LogP contribution >= 0.6 is 0 Å². The molecule has 1 amide bonds. The molecule has 2 unspecified atom stereocenters. The van der Waals surface area contributed by atoms with E-state index < -0.39 is 23.1 Å². The fourth-order valence-corrected chi connectivity index (χ4v) is 5.77. The summed E-state index contributed by atoms with van der Waals surface area (Å²) in [5.74, 6) is 0.334. The number of hydrogen-bond donors (Lipinski definition) is 1. The quantitative estimate of drug-likeness (QED) is 0.569. The van der Waals surface area contributed by atoms with Crippen molar-refractivity contribution in [3.63, 3.8) is 0 Å². The number of benzene rings is 1. The predicted molar refractivity (Wildman–Crippen MR) is 129 cm³/mol. The topological polar surface area (TPSA) is 71.5 Å². The highest BCUT2D eigenvalue weighted by Crippen LogP contribution is 2.39. The molecule has 2 aromatic rings. The number of pyridine rings is 1. The van der Waals surface area contributed by atoms with E-state index in [2.05, 4.69) is 29.0 Å². The van der Waals surface area contributed by atoms with Crippen molar-refractivity contribution in [3.05, 3.63) is 64.5 Å². The van der Waals surface area contributed by atoms with E-state index in [0.717, 1.165) is 41.9 Å². The van der Waals surface area contributed by atoms with Crippen molar-refractivity contribution in [1.29, 1.82) is 0 Å². The first-order valence-corrected chi connectivity index (χ1v) is 13.3. The van der Waals surface area contributed by atoms with E-state index in [4.69, 9.17) is 0 Å². The maximum atomic E-state index is 12.9. The summed E-state index contributed by atoms with van der Waals surface area (Å²) >= 11 is -0.987. The average molecular weight is 509 g/mol. The number of amides is 1. The van der Waals surface area contributed by atoms with E-state index in [1.54, 1.807) is 12.5 Å². The van der Waals surface area contributed by atoms with Gasteiger partial charge < -0.3 is 9.87 Å². The molecule has 0 radical (unpaired) electrons. The molecule has 35 heavy (non-hydrogen) atoms. The summed E-state index contributed by atoms with van der Waals surface area (Å²) in [6.45, 7) is 7.27. The Labute approximate surface area is 207 Å². The second-order valence-electron chi connectivity index (χ2n) is 9.73. The molecule has 10 heteroatoms. The lowest BCUT2D eigenvalue weighted by atomic mass is 9.99. The van der Waals surface area contributed by atoms with Gasteiger partial charge in [0.2, 0.25) is 0 Å². The second kappa shape index (κ2) is 10.5. The standard InChI is InChI=1S/C25H31F3N4O2S/c1-16(2)23-22-20(15-31(23)13-17-4-6-21(7-5-17)25(26,27)28)10-19(12-29-22)24(33)30-11-18-8-9-32(14-18)35(3)34/h4-7,10,12,16,18,23H,8-9,11,13-15H2,1-3H3,(H,30,33)/t18?,23-,35?/m0/s1. The minimum Gasteiger partial charge on any atom is -0.598 e. The third kappa shape index (κ3) is 5.99. The van der Waals surface area contributed by atoms with Crippen molar-refractivity contribution in [3.8, 4) is 0 Å². The molecule has 1 saturated heterocycles. The van der Waals surface area contributed by atoms with Gasteiger partial charge in [-0.05, 0) is 47.6 Å². The van der Waals surface area contributed by atoms with Crippen molar-refractivity contribution in [2.45, 2.75) is 45.6 Å². The zero-order chi connectivity index (χ0) is 25.3. The van der Waals surface area contributed by atoms with Gasteiger partial charge in [-0.2, -0.15) is 13.2 Å². The van der Waals surface area contributed by atoms with Crippen LogP contribution in [0.4, 0.5) is 13.2 Å². The first kappa shape index (κ1) is 25.9. The number of hydrogen-bond acceptors (Lipinski definition) is 5. The van der Waals surface area contributed by atoms with Crippen LogP contribution in [-0.2, 0) is 30.6 Å². The monoisotopic (exact) mass is 508 g/mol. The molecule has 1 N–H and O–H groups in total. The van der Waals surface area contributed by atoms with Crippen LogP contribution in [-0.4, -0.2) is 50.5 Å². The maximum absolute atomic E-state index is 12.9. The van der Waals surface area contributed by atoms with Crippen molar-refractivity contribution < 1.29 is 22.5 Å². The average Bonchev–Trinajstić information content (AvgIpc) is 3.41. The minimum atomic E-state index is -4.35. The first-order valence-electron chi connectivity index (χ1n) is 11.8. The lowest BCUT2D eigenvalue weighted by Gasteiger charge is -2.27. The van der Waals surface area contributed by atoms with Gasteiger partial charge in [-0.15, -0.1) is 4.31 Å². The molecule has 4 rings (SSSR count). The molecule has 3 heterocycles.